The molecule has 0 aliphatic carbocycles. The highest BCUT2D eigenvalue weighted by molar-refractivity contribution is 5.79. The molecule has 6 heteroatoms. The Kier molecular flexibility index (Phi) is 4.03. The normalized spacial score (nSPS) is 15.1. The molecule has 0 atom stereocenters. The first-order valence-electron chi connectivity index (χ1n) is 8.70. The molecule has 136 valence electrons. The van der Waals surface area contributed by atoms with Gasteiger partial charge in [0.15, 0.2) is 0 Å². The van der Waals surface area contributed by atoms with Gasteiger partial charge in [0.2, 0.25) is 5.95 Å². The lowest BCUT2D eigenvalue weighted by atomic mass is 9.85. The van der Waals surface area contributed by atoms with Crippen molar-refractivity contribution in [3.05, 3.63) is 69.5 Å². The summed E-state index contributed by atoms with van der Waals surface area (Å²) in [5.74, 6) is 4.26. The molecule has 3 heterocycles. The number of pyridine rings is 1. The maximum Gasteiger partial charge on any atom is 0.261 e. The van der Waals surface area contributed by atoms with E-state index >= 15 is 0 Å². The Balaban J connectivity index is 1.79. The number of fused-ring (bicyclic) bond motifs is 2. The van der Waals surface area contributed by atoms with Gasteiger partial charge >= 0.3 is 0 Å². The second-order valence-electron chi connectivity index (χ2n) is 7.52. The van der Waals surface area contributed by atoms with Gasteiger partial charge in [0.25, 0.3) is 5.56 Å². The van der Waals surface area contributed by atoms with E-state index < -0.39 is 11.8 Å². The van der Waals surface area contributed by atoms with Crippen LogP contribution in [0.1, 0.15) is 37.2 Å². The largest absolute Gasteiger partial charge is 0.296 e. The molecule has 0 fully saturated rings. The predicted molar refractivity (Wildman–Crippen MR) is 98.2 cm³/mol. The molecule has 0 radical (unpaired) electrons. The number of aromatic nitrogens is 3. The molecule has 2 aromatic heterocycles. The zero-order valence-electron chi connectivity index (χ0n) is 15.0. The van der Waals surface area contributed by atoms with E-state index in [1.165, 1.54) is 0 Å². The van der Waals surface area contributed by atoms with Crippen LogP contribution in [-0.2, 0) is 13.0 Å². The van der Waals surface area contributed by atoms with Crippen molar-refractivity contribution >= 4 is 10.9 Å². The molecule has 0 bridgehead atoms. The summed E-state index contributed by atoms with van der Waals surface area (Å²) < 4.78 is 29.0. The second-order valence-corrected chi connectivity index (χ2v) is 7.52. The van der Waals surface area contributed by atoms with E-state index in [9.17, 15) is 13.6 Å². The summed E-state index contributed by atoms with van der Waals surface area (Å²) in [6.45, 7) is 4.93. The van der Waals surface area contributed by atoms with Crippen LogP contribution in [0.15, 0.2) is 35.3 Å². The number of halogens is 2. The third-order valence-corrected chi connectivity index (χ3v) is 4.83. The molecule has 1 aliphatic heterocycles. The van der Waals surface area contributed by atoms with E-state index in [4.69, 9.17) is 0 Å². The first-order chi connectivity index (χ1) is 12.8. The Morgan fingerprint density at radius 1 is 1.19 bits per heavy atom. The van der Waals surface area contributed by atoms with Crippen molar-refractivity contribution in [1.29, 1.82) is 0 Å². The van der Waals surface area contributed by atoms with E-state index in [0.29, 0.717) is 23.0 Å². The van der Waals surface area contributed by atoms with Crippen molar-refractivity contribution < 1.29 is 8.78 Å². The molecular formula is C21H17F2N3O. The SMILES string of the molecule is CC1(C)CCc2nc3cc(C#Cc4c(F)ccnc4F)ccc3c(=O)n2C1. The number of benzene rings is 1. The molecule has 4 rings (SSSR count). The van der Waals surface area contributed by atoms with Gasteiger partial charge in [-0.1, -0.05) is 25.7 Å². The fourth-order valence-electron chi connectivity index (χ4n) is 3.32. The van der Waals surface area contributed by atoms with E-state index in [-0.39, 0.29) is 16.5 Å². The Morgan fingerprint density at radius 2 is 2.00 bits per heavy atom. The van der Waals surface area contributed by atoms with Crippen molar-refractivity contribution in [1.82, 2.24) is 14.5 Å². The van der Waals surface area contributed by atoms with Crippen LogP contribution in [0, 0.1) is 29.0 Å². The third-order valence-electron chi connectivity index (χ3n) is 4.83. The molecule has 0 saturated carbocycles. The van der Waals surface area contributed by atoms with Gasteiger partial charge in [0.1, 0.15) is 17.2 Å². The zero-order chi connectivity index (χ0) is 19.2. The van der Waals surface area contributed by atoms with Gasteiger partial charge in [-0.2, -0.15) is 4.39 Å². The minimum atomic E-state index is -0.948. The highest BCUT2D eigenvalue weighted by Gasteiger charge is 2.27. The summed E-state index contributed by atoms with van der Waals surface area (Å²) in [6, 6.07) is 6.06. The maximum absolute atomic E-state index is 13.7. The van der Waals surface area contributed by atoms with Gasteiger partial charge in [-0.25, -0.2) is 14.4 Å². The number of hydrogen-bond acceptors (Lipinski definition) is 3. The Morgan fingerprint density at radius 3 is 2.78 bits per heavy atom. The lowest BCUT2D eigenvalue weighted by Crippen LogP contribution is -2.36. The highest BCUT2D eigenvalue weighted by Crippen LogP contribution is 2.29. The molecule has 0 amide bonds. The van der Waals surface area contributed by atoms with Crippen LogP contribution in [0.5, 0.6) is 0 Å². The molecular weight excluding hydrogens is 348 g/mol. The Hall–Kier alpha value is -3.07. The predicted octanol–water partition coefficient (Wildman–Crippen LogP) is 3.44. The Bertz CT molecular complexity index is 1170. The minimum absolute atomic E-state index is 0.0633. The molecule has 3 aromatic rings. The van der Waals surface area contributed by atoms with Gasteiger partial charge in [-0.15, -0.1) is 0 Å². The molecule has 1 aromatic carbocycles. The average molecular weight is 365 g/mol. The fourth-order valence-corrected chi connectivity index (χ4v) is 3.32. The molecule has 0 saturated heterocycles. The molecule has 27 heavy (non-hydrogen) atoms. The third kappa shape index (κ3) is 3.21. The number of nitrogens with zero attached hydrogens (tertiary/aromatic N) is 3. The van der Waals surface area contributed by atoms with Crippen LogP contribution in [0.4, 0.5) is 8.78 Å². The number of aryl methyl sites for hydroxylation is 1. The van der Waals surface area contributed by atoms with Gasteiger partial charge in [-0.05, 0) is 36.1 Å². The number of hydrogen-bond donors (Lipinski definition) is 0. The topological polar surface area (TPSA) is 47.8 Å². The minimum Gasteiger partial charge on any atom is -0.296 e. The van der Waals surface area contributed by atoms with Gasteiger partial charge in [0, 0.05) is 24.7 Å². The fraction of sp³-hybridized carbons (Fsp3) is 0.286. The van der Waals surface area contributed by atoms with Gasteiger partial charge in [-0.3, -0.25) is 9.36 Å². The summed E-state index contributed by atoms with van der Waals surface area (Å²) in [5, 5.41) is 0.515. The molecule has 4 nitrogen and oxygen atoms in total. The van der Waals surface area contributed by atoms with Crippen LogP contribution in [0.25, 0.3) is 10.9 Å². The van der Waals surface area contributed by atoms with Gasteiger partial charge < -0.3 is 0 Å². The van der Waals surface area contributed by atoms with Gasteiger partial charge in [0.05, 0.1) is 10.9 Å². The first kappa shape index (κ1) is 17.3. The molecule has 0 spiro atoms. The monoisotopic (exact) mass is 365 g/mol. The van der Waals surface area contributed by atoms with Crippen LogP contribution in [-0.4, -0.2) is 14.5 Å². The zero-order valence-corrected chi connectivity index (χ0v) is 15.0. The average Bonchev–Trinajstić information content (AvgIpc) is 2.62. The van der Waals surface area contributed by atoms with E-state index in [0.717, 1.165) is 30.9 Å². The number of rotatable bonds is 0. The van der Waals surface area contributed by atoms with E-state index in [2.05, 4.69) is 35.7 Å². The van der Waals surface area contributed by atoms with Crippen LogP contribution in [0.3, 0.4) is 0 Å². The molecule has 0 N–H and O–H groups in total. The molecule has 1 aliphatic rings. The Labute approximate surface area is 154 Å². The lowest BCUT2D eigenvalue weighted by Gasteiger charge is -2.31. The van der Waals surface area contributed by atoms with Crippen molar-refractivity contribution in [2.75, 3.05) is 0 Å². The van der Waals surface area contributed by atoms with Crippen LogP contribution >= 0.6 is 0 Å². The summed E-state index contributed by atoms with van der Waals surface area (Å²) in [7, 11) is 0. The van der Waals surface area contributed by atoms with Crippen molar-refractivity contribution in [2.45, 2.75) is 33.2 Å². The lowest BCUT2D eigenvalue weighted by molar-refractivity contribution is 0.240. The first-order valence-corrected chi connectivity index (χ1v) is 8.70. The maximum atomic E-state index is 13.7. The van der Waals surface area contributed by atoms with Crippen molar-refractivity contribution in [2.24, 2.45) is 5.41 Å². The highest BCUT2D eigenvalue weighted by atomic mass is 19.1. The smallest absolute Gasteiger partial charge is 0.261 e. The van der Waals surface area contributed by atoms with Crippen LogP contribution in [0.2, 0.25) is 0 Å². The second kappa shape index (κ2) is 6.27. The summed E-state index contributed by atoms with van der Waals surface area (Å²) >= 11 is 0. The van der Waals surface area contributed by atoms with E-state index in [1.54, 1.807) is 22.8 Å². The quantitative estimate of drug-likeness (QED) is 0.453. The summed E-state index contributed by atoms with van der Waals surface area (Å²) in [6.07, 6.45) is 2.75. The standard InChI is InChI=1S/C21H17F2N3O/c1-21(2)9-7-18-25-17-11-13(4-6-15(17)20(27)26(18)12-21)3-5-14-16(22)8-10-24-19(14)23/h4,6,8,10-11H,7,9,12H2,1-2H3. The van der Waals surface area contributed by atoms with Crippen molar-refractivity contribution in [3.8, 4) is 11.8 Å². The van der Waals surface area contributed by atoms with Crippen molar-refractivity contribution in [3.63, 3.8) is 0 Å². The van der Waals surface area contributed by atoms with Crippen LogP contribution < -0.4 is 5.56 Å². The summed E-state index contributed by atoms with van der Waals surface area (Å²) in [5.41, 5.74) is 0.697. The summed E-state index contributed by atoms with van der Waals surface area (Å²) in [4.78, 5) is 20.9. The molecule has 0 unspecified atom stereocenters. The van der Waals surface area contributed by atoms with E-state index in [1.807, 2.05) is 0 Å².